The Balaban J connectivity index is 2.88. The maximum absolute atomic E-state index is 9.94. The van der Waals surface area contributed by atoms with Crippen LogP contribution in [-0.4, -0.2) is 25.9 Å². The summed E-state index contributed by atoms with van der Waals surface area (Å²) in [7, 11) is 0. The lowest BCUT2D eigenvalue weighted by Gasteiger charge is -2.05. The highest BCUT2D eigenvalue weighted by Gasteiger charge is 1.99. The Kier molecular flexibility index (Phi) is 5.86. The van der Waals surface area contributed by atoms with Crippen molar-refractivity contribution >= 4 is 0 Å². The molecule has 0 aliphatic heterocycles. The predicted octanol–water partition coefficient (Wildman–Crippen LogP) is 0.184. The van der Waals surface area contributed by atoms with Gasteiger partial charge in [-0.05, 0) is 6.92 Å². The quantitative estimate of drug-likeness (QED) is 0.306. The van der Waals surface area contributed by atoms with Crippen molar-refractivity contribution in [1.82, 2.24) is 0 Å². The maximum Gasteiger partial charge on any atom is 0.117 e. The fraction of sp³-hybridized carbons (Fsp3) is 1.00. The molecule has 0 amide bonds. The van der Waals surface area contributed by atoms with Gasteiger partial charge in [-0.15, -0.1) is 0 Å². The molecule has 0 rings (SSSR count). The molecule has 0 bridgehead atoms. The van der Waals surface area contributed by atoms with E-state index in [2.05, 4.69) is 9.78 Å². The molecule has 0 aromatic rings. The molecular formula is C5H10O4. The average Bonchev–Trinajstić information content (AvgIpc) is 1.89. The average molecular weight is 134 g/mol. The largest absolute Gasteiger partial charge is 0.234 e. The van der Waals surface area contributed by atoms with Gasteiger partial charge in [-0.1, -0.05) is 0 Å². The normalized spacial score (nSPS) is 13.7. The summed E-state index contributed by atoms with van der Waals surface area (Å²) < 4.78 is 0. The van der Waals surface area contributed by atoms with E-state index in [0.717, 1.165) is 0 Å². The Hall–Kier alpha value is -0.160. The number of hydrogen-bond donors (Lipinski definition) is 0. The minimum Gasteiger partial charge on any atom is -0.234 e. The Morgan fingerprint density at radius 2 is 2.11 bits per heavy atom. The van der Waals surface area contributed by atoms with Gasteiger partial charge in [0.2, 0.25) is 0 Å². The summed E-state index contributed by atoms with van der Waals surface area (Å²) in [5.74, 6) is 0. The summed E-state index contributed by atoms with van der Waals surface area (Å²) in [6.07, 6.45) is -0.462. The second-order valence-electron chi connectivity index (χ2n) is 1.60. The summed E-state index contributed by atoms with van der Waals surface area (Å²) in [5.41, 5.74) is 0. The highest BCUT2D eigenvalue weighted by molar-refractivity contribution is 4.37. The van der Waals surface area contributed by atoms with Crippen LogP contribution in [0, 0.1) is 0 Å². The van der Waals surface area contributed by atoms with Crippen molar-refractivity contribution in [1.29, 1.82) is 0 Å². The zero-order valence-corrected chi connectivity index (χ0v) is 5.33. The van der Waals surface area contributed by atoms with Gasteiger partial charge in [0.15, 0.2) is 0 Å². The van der Waals surface area contributed by atoms with Crippen molar-refractivity contribution in [3.63, 3.8) is 0 Å². The van der Waals surface area contributed by atoms with Gasteiger partial charge in [0.05, 0.1) is 0 Å². The van der Waals surface area contributed by atoms with Gasteiger partial charge in [-0.3, -0.25) is 0 Å². The lowest BCUT2D eigenvalue weighted by Crippen LogP contribution is -2.13. The first-order valence-electron chi connectivity index (χ1n) is 2.75. The van der Waals surface area contributed by atoms with Crippen LogP contribution in [0.1, 0.15) is 6.92 Å². The van der Waals surface area contributed by atoms with E-state index in [9.17, 15) is 10.2 Å². The fourth-order valence-corrected chi connectivity index (χ4v) is 0.226. The highest BCUT2D eigenvalue weighted by atomic mass is 17.2. The zero-order valence-electron chi connectivity index (χ0n) is 5.33. The molecule has 0 aromatic heterocycles. The second kappa shape index (κ2) is 5.97. The van der Waals surface area contributed by atoms with Crippen LogP contribution < -0.4 is 0 Å². The first-order valence-corrected chi connectivity index (χ1v) is 2.75. The molecular weight excluding hydrogens is 124 g/mol. The molecule has 0 fully saturated rings. The van der Waals surface area contributed by atoms with E-state index in [1.54, 1.807) is 6.92 Å². The third-order valence-corrected chi connectivity index (χ3v) is 0.634. The first kappa shape index (κ1) is 8.84. The molecule has 0 aliphatic carbocycles. The van der Waals surface area contributed by atoms with Crippen molar-refractivity contribution in [2.45, 2.75) is 13.0 Å². The topological polar surface area (TPSA) is 58.3 Å². The smallest absolute Gasteiger partial charge is 0.117 e. The van der Waals surface area contributed by atoms with Crippen molar-refractivity contribution in [3.8, 4) is 0 Å². The molecule has 0 spiro atoms. The van der Waals surface area contributed by atoms with Gasteiger partial charge in [0.1, 0.15) is 25.9 Å². The minimum atomic E-state index is -0.462. The first-order chi connectivity index (χ1) is 4.31. The Morgan fingerprint density at radius 3 is 2.56 bits per heavy atom. The van der Waals surface area contributed by atoms with E-state index in [1.807, 2.05) is 0 Å². The Labute approximate surface area is 53.9 Å². The van der Waals surface area contributed by atoms with Crippen LogP contribution in [0.2, 0.25) is 0 Å². The van der Waals surface area contributed by atoms with Crippen molar-refractivity contribution in [3.05, 3.63) is 0 Å². The molecule has 1 atom stereocenters. The summed E-state index contributed by atoms with van der Waals surface area (Å²) in [6.45, 7) is 0.895. The minimum absolute atomic E-state index is 0.00431. The Morgan fingerprint density at radius 1 is 1.44 bits per heavy atom. The molecule has 9 heavy (non-hydrogen) atoms. The number of hydrogen-bond acceptors (Lipinski definition) is 2. The molecule has 2 radical (unpaired) electrons. The monoisotopic (exact) mass is 134 g/mol. The lowest BCUT2D eigenvalue weighted by atomic mass is 10.5. The van der Waals surface area contributed by atoms with Gasteiger partial charge < -0.3 is 0 Å². The zero-order chi connectivity index (χ0) is 7.11. The molecule has 0 heterocycles. The molecule has 0 saturated heterocycles. The third-order valence-electron chi connectivity index (χ3n) is 0.634. The van der Waals surface area contributed by atoms with Crippen LogP contribution in [0.4, 0.5) is 0 Å². The fourth-order valence-electron chi connectivity index (χ4n) is 0.226. The molecule has 0 N–H and O–H groups in total. The van der Waals surface area contributed by atoms with Crippen LogP contribution >= 0.6 is 0 Å². The van der Waals surface area contributed by atoms with Crippen LogP contribution in [-0.2, 0) is 20.0 Å². The summed E-state index contributed by atoms with van der Waals surface area (Å²) in [4.78, 5) is 8.74. The van der Waals surface area contributed by atoms with E-state index in [0.29, 0.717) is 0 Å². The predicted molar refractivity (Wildman–Crippen MR) is 27.6 cm³/mol. The number of rotatable bonds is 5. The van der Waals surface area contributed by atoms with Gasteiger partial charge in [-0.25, -0.2) is 20.0 Å². The Bertz CT molecular complexity index is 56.9. The standard InChI is InChI=1S/C5H10O4/c1-5(4-7)9-8-3-2-6/h5H,2-4H2,1H3. The molecule has 4 heteroatoms. The molecule has 0 aromatic carbocycles. The molecule has 4 nitrogen and oxygen atoms in total. The third kappa shape index (κ3) is 5.72. The van der Waals surface area contributed by atoms with Crippen molar-refractivity contribution in [2.24, 2.45) is 0 Å². The summed E-state index contributed by atoms with van der Waals surface area (Å²) in [5, 5.41) is 19.7. The van der Waals surface area contributed by atoms with E-state index >= 15 is 0 Å². The maximum atomic E-state index is 9.94. The highest BCUT2D eigenvalue weighted by Crippen LogP contribution is 1.88. The van der Waals surface area contributed by atoms with Crippen molar-refractivity contribution < 1.29 is 20.0 Å². The van der Waals surface area contributed by atoms with Gasteiger partial charge in [-0.2, -0.15) is 0 Å². The van der Waals surface area contributed by atoms with Gasteiger partial charge in [0, 0.05) is 0 Å². The van der Waals surface area contributed by atoms with Crippen molar-refractivity contribution in [2.75, 3.05) is 19.8 Å². The lowest BCUT2D eigenvalue weighted by molar-refractivity contribution is -0.330. The molecule has 0 saturated carbocycles. The second-order valence-corrected chi connectivity index (χ2v) is 1.60. The molecule has 0 aliphatic rings. The van der Waals surface area contributed by atoms with Gasteiger partial charge >= 0.3 is 0 Å². The molecule has 54 valence electrons. The van der Waals surface area contributed by atoms with Crippen LogP contribution in [0.25, 0.3) is 0 Å². The van der Waals surface area contributed by atoms with Gasteiger partial charge in [0.25, 0.3) is 0 Å². The van der Waals surface area contributed by atoms with Crippen LogP contribution in [0.3, 0.4) is 0 Å². The summed E-state index contributed by atoms with van der Waals surface area (Å²) in [6, 6.07) is 0. The van der Waals surface area contributed by atoms with Crippen LogP contribution in [0.15, 0.2) is 0 Å². The summed E-state index contributed by atoms with van der Waals surface area (Å²) >= 11 is 0. The van der Waals surface area contributed by atoms with E-state index in [1.165, 1.54) is 0 Å². The SMILES string of the molecule is CC(C[O])OOCC[O]. The van der Waals surface area contributed by atoms with E-state index < -0.39 is 6.10 Å². The van der Waals surface area contributed by atoms with E-state index in [-0.39, 0.29) is 19.8 Å². The van der Waals surface area contributed by atoms with Crippen LogP contribution in [0.5, 0.6) is 0 Å². The molecule has 1 unspecified atom stereocenters. The van der Waals surface area contributed by atoms with E-state index in [4.69, 9.17) is 0 Å².